The Labute approximate surface area is 97.2 Å². The maximum Gasteiger partial charge on any atom is 0.0882 e. The van der Waals surface area contributed by atoms with Crippen LogP contribution in [0, 0.1) is 0 Å². The molecule has 0 aliphatic heterocycles. The molecule has 1 N–H and O–H groups in total. The van der Waals surface area contributed by atoms with E-state index in [0.717, 1.165) is 21.4 Å². The maximum absolute atomic E-state index is 4.39. The standard InChI is InChI=1S/C12H13BrN2/c13-9-5-12-11(14-7-9)6-10(15-12)8-3-1-2-4-8/h5-8,15H,1-4H2. The minimum atomic E-state index is 0.734. The summed E-state index contributed by atoms with van der Waals surface area (Å²) in [4.78, 5) is 7.88. The Morgan fingerprint density at radius 3 is 2.87 bits per heavy atom. The molecule has 3 heteroatoms. The van der Waals surface area contributed by atoms with Crippen LogP contribution in [0.3, 0.4) is 0 Å². The third-order valence-corrected chi connectivity index (χ3v) is 3.69. The molecule has 1 aliphatic rings. The van der Waals surface area contributed by atoms with Gasteiger partial charge in [-0.25, -0.2) is 0 Å². The Morgan fingerprint density at radius 2 is 2.07 bits per heavy atom. The van der Waals surface area contributed by atoms with Crippen LogP contribution in [-0.2, 0) is 0 Å². The molecule has 0 bridgehead atoms. The molecule has 0 amide bonds. The summed E-state index contributed by atoms with van der Waals surface area (Å²) in [6.07, 6.45) is 7.25. The molecule has 0 radical (unpaired) electrons. The summed E-state index contributed by atoms with van der Waals surface area (Å²) < 4.78 is 1.04. The summed E-state index contributed by atoms with van der Waals surface area (Å²) in [7, 11) is 0. The van der Waals surface area contributed by atoms with Crippen molar-refractivity contribution in [3.8, 4) is 0 Å². The summed E-state index contributed by atoms with van der Waals surface area (Å²) in [5, 5.41) is 0. The van der Waals surface area contributed by atoms with Gasteiger partial charge in [-0.15, -0.1) is 0 Å². The van der Waals surface area contributed by atoms with Gasteiger partial charge in [-0.05, 0) is 46.8 Å². The fourth-order valence-corrected chi connectivity index (χ4v) is 2.79. The molecule has 0 aromatic carbocycles. The van der Waals surface area contributed by atoms with Gasteiger partial charge in [0.25, 0.3) is 0 Å². The van der Waals surface area contributed by atoms with Crippen LogP contribution in [0.2, 0.25) is 0 Å². The number of nitrogens with zero attached hydrogens (tertiary/aromatic N) is 1. The number of rotatable bonds is 1. The molecule has 1 saturated carbocycles. The molecule has 2 aromatic rings. The zero-order valence-corrected chi connectivity index (χ0v) is 10.0. The molecule has 1 aliphatic carbocycles. The van der Waals surface area contributed by atoms with Gasteiger partial charge in [0, 0.05) is 16.4 Å². The van der Waals surface area contributed by atoms with Crippen molar-refractivity contribution in [1.82, 2.24) is 9.97 Å². The van der Waals surface area contributed by atoms with E-state index in [9.17, 15) is 0 Å². The lowest BCUT2D eigenvalue weighted by Gasteiger charge is -2.04. The normalized spacial score (nSPS) is 17.7. The fraction of sp³-hybridized carbons (Fsp3) is 0.417. The van der Waals surface area contributed by atoms with E-state index in [4.69, 9.17) is 0 Å². The number of hydrogen-bond donors (Lipinski definition) is 1. The fourth-order valence-electron chi connectivity index (χ4n) is 2.46. The van der Waals surface area contributed by atoms with Crippen molar-refractivity contribution in [1.29, 1.82) is 0 Å². The van der Waals surface area contributed by atoms with Gasteiger partial charge in [-0.3, -0.25) is 4.98 Å². The van der Waals surface area contributed by atoms with Crippen molar-refractivity contribution in [2.45, 2.75) is 31.6 Å². The van der Waals surface area contributed by atoms with Crippen LogP contribution in [0.4, 0.5) is 0 Å². The van der Waals surface area contributed by atoms with Crippen LogP contribution in [0.5, 0.6) is 0 Å². The summed E-state index contributed by atoms with van der Waals surface area (Å²) in [6.45, 7) is 0. The number of hydrogen-bond acceptors (Lipinski definition) is 1. The van der Waals surface area contributed by atoms with E-state index in [1.54, 1.807) is 0 Å². The molecular weight excluding hydrogens is 252 g/mol. The summed E-state index contributed by atoms with van der Waals surface area (Å²) >= 11 is 3.44. The minimum Gasteiger partial charge on any atom is -0.357 e. The van der Waals surface area contributed by atoms with Gasteiger partial charge in [-0.1, -0.05) is 12.8 Å². The first kappa shape index (κ1) is 9.40. The molecule has 2 aromatic heterocycles. The highest BCUT2D eigenvalue weighted by Gasteiger charge is 2.18. The first-order chi connectivity index (χ1) is 7.33. The van der Waals surface area contributed by atoms with E-state index in [1.807, 2.05) is 6.20 Å². The van der Waals surface area contributed by atoms with Crippen LogP contribution in [-0.4, -0.2) is 9.97 Å². The van der Waals surface area contributed by atoms with Gasteiger partial charge in [0.05, 0.1) is 11.0 Å². The largest absolute Gasteiger partial charge is 0.357 e. The number of H-pyrrole nitrogens is 1. The maximum atomic E-state index is 4.39. The van der Waals surface area contributed by atoms with Crippen molar-refractivity contribution in [3.05, 3.63) is 28.5 Å². The third kappa shape index (κ3) is 1.69. The number of aromatic amines is 1. The number of halogens is 1. The smallest absolute Gasteiger partial charge is 0.0882 e. The number of pyridine rings is 1. The Morgan fingerprint density at radius 1 is 1.27 bits per heavy atom. The molecule has 3 rings (SSSR count). The lowest BCUT2D eigenvalue weighted by Crippen LogP contribution is -1.90. The SMILES string of the molecule is Brc1cnc2cc(C3CCCC3)[nH]c2c1. The first-order valence-electron chi connectivity index (χ1n) is 5.47. The summed E-state index contributed by atoms with van der Waals surface area (Å²) in [6, 6.07) is 4.30. The van der Waals surface area contributed by atoms with Crippen molar-refractivity contribution >= 4 is 27.0 Å². The van der Waals surface area contributed by atoms with Crippen LogP contribution in [0.1, 0.15) is 37.3 Å². The Bertz CT molecular complexity index is 483. The van der Waals surface area contributed by atoms with Crippen molar-refractivity contribution in [3.63, 3.8) is 0 Å². The van der Waals surface area contributed by atoms with Gasteiger partial charge in [-0.2, -0.15) is 0 Å². The van der Waals surface area contributed by atoms with E-state index in [2.05, 4.69) is 38.0 Å². The monoisotopic (exact) mass is 264 g/mol. The highest BCUT2D eigenvalue weighted by atomic mass is 79.9. The average molecular weight is 265 g/mol. The van der Waals surface area contributed by atoms with E-state index in [-0.39, 0.29) is 0 Å². The average Bonchev–Trinajstić information content (AvgIpc) is 2.84. The molecule has 1 fully saturated rings. The zero-order chi connectivity index (χ0) is 10.3. The zero-order valence-electron chi connectivity index (χ0n) is 8.46. The van der Waals surface area contributed by atoms with Crippen molar-refractivity contribution < 1.29 is 0 Å². The van der Waals surface area contributed by atoms with Crippen molar-refractivity contribution in [2.75, 3.05) is 0 Å². The Hall–Kier alpha value is -0.830. The van der Waals surface area contributed by atoms with Crippen LogP contribution in [0.15, 0.2) is 22.8 Å². The van der Waals surface area contributed by atoms with Crippen molar-refractivity contribution in [2.24, 2.45) is 0 Å². The lowest BCUT2D eigenvalue weighted by atomic mass is 10.1. The Balaban J connectivity index is 2.05. The first-order valence-corrected chi connectivity index (χ1v) is 6.26. The second kappa shape index (κ2) is 3.63. The van der Waals surface area contributed by atoms with Gasteiger partial charge >= 0.3 is 0 Å². The highest BCUT2D eigenvalue weighted by Crippen LogP contribution is 2.34. The molecule has 15 heavy (non-hydrogen) atoms. The van der Waals surface area contributed by atoms with E-state index in [0.29, 0.717) is 0 Å². The minimum absolute atomic E-state index is 0.734. The van der Waals surface area contributed by atoms with Crippen LogP contribution in [0.25, 0.3) is 11.0 Å². The van der Waals surface area contributed by atoms with Crippen LogP contribution < -0.4 is 0 Å². The Kier molecular flexibility index (Phi) is 2.28. The van der Waals surface area contributed by atoms with Gasteiger partial charge < -0.3 is 4.98 Å². The molecule has 2 nitrogen and oxygen atoms in total. The second-order valence-corrected chi connectivity index (χ2v) is 5.21. The quantitative estimate of drug-likeness (QED) is 0.829. The van der Waals surface area contributed by atoms with E-state index < -0.39 is 0 Å². The summed E-state index contributed by atoms with van der Waals surface area (Å²) in [5.41, 5.74) is 3.60. The number of aromatic nitrogens is 2. The van der Waals surface area contributed by atoms with Gasteiger partial charge in [0.1, 0.15) is 0 Å². The number of nitrogens with one attached hydrogen (secondary N) is 1. The molecule has 2 heterocycles. The molecule has 0 unspecified atom stereocenters. The molecule has 0 atom stereocenters. The van der Waals surface area contributed by atoms with Crippen LogP contribution >= 0.6 is 15.9 Å². The molecule has 0 spiro atoms. The molecular formula is C12H13BrN2. The lowest BCUT2D eigenvalue weighted by molar-refractivity contribution is 0.705. The number of fused-ring (bicyclic) bond motifs is 1. The van der Waals surface area contributed by atoms with Gasteiger partial charge in [0.15, 0.2) is 0 Å². The topological polar surface area (TPSA) is 28.7 Å². The molecule has 0 saturated heterocycles. The molecule has 78 valence electrons. The van der Waals surface area contributed by atoms with E-state index in [1.165, 1.54) is 31.4 Å². The predicted molar refractivity (Wildman–Crippen MR) is 65.0 cm³/mol. The summed E-state index contributed by atoms with van der Waals surface area (Å²) in [5.74, 6) is 0.734. The third-order valence-electron chi connectivity index (χ3n) is 3.25. The predicted octanol–water partition coefficient (Wildman–Crippen LogP) is 3.98. The highest BCUT2D eigenvalue weighted by molar-refractivity contribution is 9.10. The van der Waals surface area contributed by atoms with Gasteiger partial charge in [0.2, 0.25) is 0 Å². The van der Waals surface area contributed by atoms with E-state index >= 15 is 0 Å². The second-order valence-electron chi connectivity index (χ2n) is 4.29.